The molecule has 2 saturated heterocycles. The number of hydrogen-bond acceptors (Lipinski definition) is 2. The number of rotatable bonds is 4. The van der Waals surface area contributed by atoms with Crippen LogP contribution < -0.4 is 0 Å². The minimum Gasteiger partial charge on any atom is -0.342 e. The fraction of sp³-hybridized carbons (Fsp3) is 0.667. The van der Waals surface area contributed by atoms with Crippen molar-refractivity contribution in [3.63, 3.8) is 0 Å². The lowest BCUT2D eigenvalue weighted by Gasteiger charge is -2.47. The third kappa shape index (κ3) is 3.89. The molecule has 0 radical (unpaired) electrons. The van der Waals surface area contributed by atoms with Crippen LogP contribution >= 0.6 is 0 Å². The number of hydrogen-bond donors (Lipinski definition) is 0. The lowest BCUT2D eigenvalue weighted by atomic mass is 9.72. The SMILES string of the molecule is Cc1ccc(F)c(CN2CCC3(CCC(=O)N(CC4CC4)C3)CC2)c1. The summed E-state index contributed by atoms with van der Waals surface area (Å²) >= 11 is 0. The zero-order chi connectivity index (χ0) is 17.4. The van der Waals surface area contributed by atoms with E-state index in [0.717, 1.165) is 68.9 Å². The summed E-state index contributed by atoms with van der Waals surface area (Å²) in [5.74, 6) is 1.04. The lowest BCUT2D eigenvalue weighted by molar-refractivity contribution is -0.139. The summed E-state index contributed by atoms with van der Waals surface area (Å²) in [7, 11) is 0. The highest BCUT2D eigenvalue weighted by molar-refractivity contribution is 5.77. The molecular weight excluding hydrogens is 315 g/mol. The second-order valence-corrected chi connectivity index (χ2v) is 8.59. The molecular formula is C21H29FN2O. The van der Waals surface area contributed by atoms with Crippen LogP contribution in [0.15, 0.2) is 18.2 Å². The summed E-state index contributed by atoms with van der Waals surface area (Å²) in [6.07, 6.45) is 6.63. The van der Waals surface area contributed by atoms with Crippen molar-refractivity contribution in [3.05, 3.63) is 35.1 Å². The monoisotopic (exact) mass is 344 g/mol. The number of halogens is 1. The molecule has 4 heteroatoms. The maximum Gasteiger partial charge on any atom is 0.222 e. The maximum atomic E-state index is 14.0. The van der Waals surface area contributed by atoms with Gasteiger partial charge in [-0.1, -0.05) is 17.7 Å². The lowest BCUT2D eigenvalue weighted by Crippen LogP contribution is -2.51. The molecule has 1 aliphatic carbocycles. The van der Waals surface area contributed by atoms with Gasteiger partial charge in [0.1, 0.15) is 5.82 Å². The fourth-order valence-electron chi connectivity index (χ4n) is 4.54. The first kappa shape index (κ1) is 17.0. The third-order valence-electron chi connectivity index (χ3n) is 6.44. The second kappa shape index (κ2) is 6.71. The number of aryl methyl sites for hydroxylation is 1. The average molecular weight is 344 g/mol. The summed E-state index contributed by atoms with van der Waals surface area (Å²) in [4.78, 5) is 16.8. The minimum atomic E-state index is -0.0928. The van der Waals surface area contributed by atoms with Gasteiger partial charge in [0, 0.05) is 31.6 Å². The van der Waals surface area contributed by atoms with Crippen LogP contribution in [0.1, 0.15) is 49.7 Å². The average Bonchev–Trinajstić information content (AvgIpc) is 3.41. The Hall–Kier alpha value is -1.42. The largest absolute Gasteiger partial charge is 0.342 e. The van der Waals surface area contributed by atoms with Gasteiger partial charge in [0.05, 0.1) is 0 Å². The van der Waals surface area contributed by atoms with Crippen LogP contribution in [0.3, 0.4) is 0 Å². The van der Waals surface area contributed by atoms with E-state index in [-0.39, 0.29) is 5.82 Å². The highest BCUT2D eigenvalue weighted by Gasteiger charge is 2.42. The highest BCUT2D eigenvalue weighted by Crippen LogP contribution is 2.42. The molecule has 3 nitrogen and oxygen atoms in total. The van der Waals surface area contributed by atoms with Crippen LogP contribution in [0.4, 0.5) is 4.39 Å². The van der Waals surface area contributed by atoms with Gasteiger partial charge >= 0.3 is 0 Å². The number of piperidine rings is 2. The molecule has 0 bridgehead atoms. The Labute approximate surface area is 150 Å². The van der Waals surface area contributed by atoms with E-state index >= 15 is 0 Å². The van der Waals surface area contributed by atoms with E-state index in [9.17, 15) is 9.18 Å². The van der Waals surface area contributed by atoms with Crippen LogP contribution in [0.25, 0.3) is 0 Å². The van der Waals surface area contributed by atoms with Crippen LogP contribution in [0.5, 0.6) is 0 Å². The molecule has 0 aromatic heterocycles. The molecule has 0 unspecified atom stereocenters. The molecule has 3 fully saturated rings. The van der Waals surface area contributed by atoms with E-state index in [2.05, 4.69) is 9.80 Å². The van der Waals surface area contributed by atoms with E-state index in [1.807, 2.05) is 19.1 Å². The molecule has 1 aromatic carbocycles. The van der Waals surface area contributed by atoms with Gasteiger partial charge in [0.25, 0.3) is 0 Å². The number of carbonyl (C=O) groups is 1. The maximum absolute atomic E-state index is 14.0. The molecule has 1 saturated carbocycles. The number of benzene rings is 1. The van der Waals surface area contributed by atoms with Gasteiger partial charge in [-0.05, 0) is 69.5 Å². The van der Waals surface area contributed by atoms with Crippen molar-refractivity contribution in [2.24, 2.45) is 11.3 Å². The minimum absolute atomic E-state index is 0.0928. The number of amides is 1. The first-order valence-corrected chi connectivity index (χ1v) is 9.78. The molecule has 0 N–H and O–H groups in total. The van der Waals surface area contributed by atoms with E-state index in [1.54, 1.807) is 6.07 Å². The molecule has 0 atom stereocenters. The third-order valence-corrected chi connectivity index (χ3v) is 6.44. The summed E-state index contributed by atoms with van der Waals surface area (Å²) in [6, 6.07) is 5.38. The molecule has 2 aliphatic heterocycles. The molecule has 1 amide bonds. The summed E-state index contributed by atoms with van der Waals surface area (Å²) in [5, 5.41) is 0. The normalized spacial score (nSPS) is 24.1. The van der Waals surface area contributed by atoms with Crippen LogP contribution in [-0.2, 0) is 11.3 Å². The molecule has 4 rings (SSSR count). The number of carbonyl (C=O) groups excluding carboxylic acids is 1. The van der Waals surface area contributed by atoms with Gasteiger partial charge in [-0.3, -0.25) is 9.69 Å². The zero-order valence-corrected chi connectivity index (χ0v) is 15.3. The molecule has 2 heterocycles. The Kier molecular flexibility index (Phi) is 4.57. The summed E-state index contributed by atoms with van der Waals surface area (Å²) < 4.78 is 14.0. The first-order chi connectivity index (χ1) is 12.0. The smallest absolute Gasteiger partial charge is 0.222 e. The topological polar surface area (TPSA) is 23.6 Å². The Morgan fingerprint density at radius 2 is 1.96 bits per heavy atom. The first-order valence-electron chi connectivity index (χ1n) is 9.78. The quantitative estimate of drug-likeness (QED) is 0.830. The van der Waals surface area contributed by atoms with Crippen molar-refractivity contribution in [3.8, 4) is 0 Å². The van der Waals surface area contributed by atoms with Crippen molar-refractivity contribution in [2.45, 2.75) is 52.0 Å². The van der Waals surface area contributed by atoms with Crippen LogP contribution in [0.2, 0.25) is 0 Å². The summed E-state index contributed by atoms with van der Waals surface area (Å²) in [6.45, 7) is 6.68. The van der Waals surface area contributed by atoms with E-state index < -0.39 is 0 Å². The fourth-order valence-corrected chi connectivity index (χ4v) is 4.54. The van der Waals surface area contributed by atoms with Gasteiger partial charge in [-0.25, -0.2) is 4.39 Å². The van der Waals surface area contributed by atoms with Gasteiger partial charge in [0.15, 0.2) is 0 Å². The molecule has 3 aliphatic rings. The second-order valence-electron chi connectivity index (χ2n) is 8.59. The van der Waals surface area contributed by atoms with Crippen molar-refractivity contribution in [2.75, 3.05) is 26.2 Å². The predicted octanol–water partition coefficient (Wildman–Crippen LogP) is 3.75. The van der Waals surface area contributed by atoms with Crippen molar-refractivity contribution < 1.29 is 9.18 Å². The Balaban J connectivity index is 1.35. The van der Waals surface area contributed by atoms with E-state index in [1.165, 1.54) is 12.8 Å². The zero-order valence-electron chi connectivity index (χ0n) is 15.3. The predicted molar refractivity (Wildman–Crippen MR) is 96.6 cm³/mol. The Morgan fingerprint density at radius 1 is 1.20 bits per heavy atom. The van der Waals surface area contributed by atoms with Gasteiger partial charge in [0.2, 0.25) is 5.91 Å². The Bertz CT molecular complexity index is 647. The van der Waals surface area contributed by atoms with Gasteiger partial charge < -0.3 is 4.90 Å². The molecule has 25 heavy (non-hydrogen) atoms. The molecule has 1 spiro atoms. The van der Waals surface area contributed by atoms with Crippen LogP contribution in [0, 0.1) is 24.1 Å². The number of likely N-dealkylation sites (tertiary alicyclic amines) is 2. The van der Waals surface area contributed by atoms with Gasteiger partial charge in [-0.2, -0.15) is 0 Å². The highest BCUT2D eigenvalue weighted by atomic mass is 19.1. The van der Waals surface area contributed by atoms with Gasteiger partial charge in [-0.15, -0.1) is 0 Å². The van der Waals surface area contributed by atoms with Crippen molar-refractivity contribution in [1.29, 1.82) is 0 Å². The molecule has 1 aromatic rings. The van der Waals surface area contributed by atoms with Crippen molar-refractivity contribution >= 4 is 5.91 Å². The molecule has 136 valence electrons. The van der Waals surface area contributed by atoms with Crippen LogP contribution in [-0.4, -0.2) is 41.9 Å². The standard InChI is InChI=1S/C21H29FN2O/c1-16-2-5-19(22)18(12-16)14-23-10-8-21(9-11-23)7-6-20(25)24(15-21)13-17-3-4-17/h2,5,12,17H,3-4,6-11,13-15H2,1H3. The van der Waals surface area contributed by atoms with Crippen molar-refractivity contribution in [1.82, 2.24) is 9.80 Å². The van der Waals surface area contributed by atoms with E-state index in [0.29, 0.717) is 17.9 Å². The summed E-state index contributed by atoms with van der Waals surface area (Å²) in [5.41, 5.74) is 2.24. The number of nitrogens with zero attached hydrogens (tertiary/aromatic N) is 2. The van der Waals surface area contributed by atoms with E-state index in [4.69, 9.17) is 0 Å². The Morgan fingerprint density at radius 3 is 2.68 bits per heavy atom.